The van der Waals surface area contributed by atoms with E-state index in [4.69, 9.17) is 0 Å². The van der Waals surface area contributed by atoms with Gasteiger partial charge in [0, 0.05) is 11.1 Å². The Morgan fingerprint density at radius 3 is 2.46 bits per heavy atom. The number of fused-ring (bicyclic) bond motifs is 1. The van der Waals surface area contributed by atoms with Crippen molar-refractivity contribution in [2.75, 3.05) is 0 Å². The lowest BCUT2D eigenvalue weighted by Gasteiger charge is -2.22. The Morgan fingerprint density at radius 2 is 1.69 bits per heavy atom. The van der Waals surface area contributed by atoms with Crippen molar-refractivity contribution in [3.63, 3.8) is 0 Å². The van der Waals surface area contributed by atoms with Crippen molar-refractivity contribution >= 4 is 22.8 Å². The first-order chi connectivity index (χ1) is 12.5. The van der Waals surface area contributed by atoms with Gasteiger partial charge in [0.2, 0.25) is 0 Å². The number of rotatable bonds is 3. The van der Waals surface area contributed by atoms with Gasteiger partial charge in [-0.1, -0.05) is 48.5 Å². The summed E-state index contributed by atoms with van der Waals surface area (Å²) in [6, 6.07) is 16.5. The van der Waals surface area contributed by atoms with Gasteiger partial charge in [0.05, 0.1) is 12.1 Å². The van der Waals surface area contributed by atoms with E-state index < -0.39 is 11.6 Å². The van der Waals surface area contributed by atoms with Gasteiger partial charge in [-0.2, -0.15) is 0 Å². The number of carbonyl (C=O) groups is 2. The zero-order valence-electron chi connectivity index (χ0n) is 14.6. The van der Waals surface area contributed by atoms with Crippen LogP contribution < -0.4 is 5.32 Å². The Balaban J connectivity index is 1.67. The highest BCUT2D eigenvalue weighted by Gasteiger charge is 2.49. The van der Waals surface area contributed by atoms with Crippen LogP contribution in [0.3, 0.4) is 0 Å². The molecule has 0 spiro atoms. The first-order valence-corrected chi connectivity index (χ1v) is 8.41. The molecule has 0 bridgehead atoms. The fourth-order valence-electron chi connectivity index (χ4n) is 3.31. The Bertz CT molecular complexity index is 1020. The predicted molar refractivity (Wildman–Crippen MR) is 97.2 cm³/mol. The molecule has 1 fully saturated rings. The van der Waals surface area contributed by atoms with Gasteiger partial charge in [0.25, 0.3) is 5.91 Å². The molecule has 1 aliphatic heterocycles. The minimum atomic E-state index is -1.08. The molecule has 6 heteroatoms. The van der Waals surface area contributed by atoms with Crippen molar-refractivity contribution < 1.29 is 9.59 Å². The smallest absolute Gasteiger partial charge is 0.319 e. The number of benzene rings is 2. The van der Waals surface area contributed by atoms with E-state index in [-0.39, 0.29) is 12.5 Å². The Kier molecular flexibility index (Phi) is 3.68. The second-order valence-corrected chi connectivity index (χ2v) is 6.55. The number of hydrogen-bond acceptors (Lipinski definition) is 4. The van der Waals surface area contributed by atoms with Crippen molar-refractivity contribution in [2.45, 2.75) is 25.9 Å². The van der Waals surface area contributed by atoms with Gasteiger partial charge in [-0.15, -0.1) is 0 Å². The average molecular weight is 346 g/mol. The normalized spacial score (nSPS) is 19.8. The Morgan fingerprint density at radius 1 is 1.00 bits per heavy atom. The number of aryl methyl sites for hydroxylation is 1. The molecule has 130 valence electrons. The second-order valence-electron chi connectivity index (χ2n) is 6.55. The van der Waals surface area contributed by atoms with Crippen LogP contribution >= 0.6 is 0 Å². The van der Waals surface area contributed by atoms with Gasteiger partial charge in [-0.3, -0.25) is 9.69 Å². The number of imide groups is 1. The Labute approximate surface area is 150 Å². The van der Waals surface area contributed by atoms with Crippen LogP contribution in [0.4, 0.5) is 4.79 Å². The molecule has 1 unspecified atom stereocenters. The molecule has 1 atom stereocenters. The molecule has 1 aromatic heterocycles. The predicted octanol–water partition coefficient (Wildman–Crippen LogP) is 2.91. The van der Waals surface area contributed by atoms with Crippen molar-refractivity contribution in [3.8, 4) is 0 Å². The van der Waals surface area contributed by atoms with E-state index in [9.17, 15) is 9.59 Å². The summed E-state index contributed by atoms with van der Waals surface area (Å²) in [6.45, 7) is 3.65. The number of hydrogen-bond donors (Lipinski definition) is 1. The molecule has 6 nitrogen and oxygen atoms in total. The number of nitrogens with one attached hydrogen (secondary N) is 1. The van der Waals surface area contributed by atoms with Crippen molar-refractivity contribution in [1.29, 1.82) is 0 Å². The van der Waals surface area contributed by atoms with Gasteiger partial charge in [-0.25, -0.2) is 14.8 Å². The number of aromatic nitrogens is 2. The quantitative estimate of drug-likeness (QED) is 0.740. The third kappa shape index (κ3) is 2.50. The van der Waals surface area contributed by atoms with Gasteiger partial charge in [0.1, 0.15) is 11.4 Å². The van der Waals surface area contributed by atoms with Crippen molar-refractivity contribution in [1.82, 2.24) is 20.2 Å². The third-order valence-corrected chi connectivity index (χ3v) is 4.77. The standard InChI is InChI=1S/C20H18N4O2/c1-13-15-10-6-7-11-16(15)22-17(21-13)12-24-18(25)20(2,23-19(24)26)14-8-4-3-5-9-14/h3-11H,12H2,1-2H3,(H,23,26). The average Bonchev–Trinajstić information content (AvgIpc) is 2.87. The van der Waals surface area contributed by atoms with Crippen LogP contribution in [0.2, 0.25) is 0 Å². The number of amides is 3. The molecular weight excluding hydrogens is 328 g/mol. The van der Waals surface area contributed by atoms with Gasteiger partial charge in [-0.05, 0) is 25.5 Å². The van der Waals surface area contributed by atoms with E-state index in [0.717, 1.165) is 22.2 Å². The van der Waals surface area contributed by atoms with Crippen LogP contribution in [-0.2, 0) is 16.9 Å². The minimum absolute atomic E-state index is 0.0404. The molecule has 4 rings (SSSR count). The summed E-state index contributed by atoms with van der Waals surface area (Å²) in [4.78, 5) is 35.6. The highest BCUT2D eigenvalue weighted by atomic mass is 16.2. The summed E-state index contributed by atoms with van der Waals surface area (Å²) in [5.74, 6) is 0.144. The van der Waals surface area contributed by atoms with E-state index in [1.54, 1.807) is 6.92 Å². The first kappa shape index (κ1) is 16.2. The summed E-state index contributed by atoms with van der Waals surface area (Å²) in [5.41, 5.74) is 1.29. The van der Waals surface area contributed by atoms with E-state index in [1.165, 1.54) is 4.90 Å². The molecule has 2 aromatic carbocycles. The molecule has 0 saturated carbocycles. The minimum Gasteiger partial charge on any atom is -0.319 e. The maximum Gasteiger partial charge on any atom is 0.325 e. The summed E-state index contributed by atoms with van der Waals surface area (Å²) in [7, 11) is 0. The molecule has 26 heavy (non-hydrogen) atoms. The highest BCUT2D eigenvalue weighted by molar-refractivity contribution is 6.07. The highest BCUT2D eigenvalue weighted by Crippen LogP contribution is 2.29. The maximum atomic E-state index is 13.0. The Hall–Kier alpha value is -3.28. The van der Waals surface area contributed by atoms with Crippen molar-refractivity contribution in [2.24, 2.45) is 0 Å². The van der Waals surface area contributed by atoms with Crippen molar-refractivity contribution in [3.05, 3.63) is 71.7 Å². The molecule has 1 aliphatic rings. The lowest BCUT2D eigenvalue weighted by Crippen LogP contribution is -2.40. The molecule has 3 amide bonds. The van der Waals surface area contributed by atoms with E-state index in [0.29, 0.717) is 5.82 Å². The second kappa shape index (κ2) is 5.91. The molecule has 2 heterocycles. The monoisotopic (exact) mass is 346 g/mol. The summed E-state index contributed by atoms with van der Waals surface area (Å²) in [6.07, 6.45) is 0. The van der Waals surface area contributed by atoms with Gasteiger partial charge in [0.15, 0.2) is 0 Å². The molecule has 3 aromatic rings. The molecule has 0 radical (unpaired) electrons. The van der Waals surface area contributed by atoms with E-state index in [1.807, 2.05) is 61.5 Å². The maximum absolute atomic E-state index is 13.0. The van der Waals surface area contributed by atoms with E-state index in [2.05, 4.69) is 15.3 Å². The van der Waals surface area contributed by atoms with Crippen LogP contribution in [0.5, 0.6) is 0 Å². The third-order valence-electron chi connectivity index (χ3n) is 4.77. The molecule has 1 N–H and O–H groups in total. The van der Waals surface area contributed by atoms with Gasteiger partial charge >= 0.3 is 6.03 Å². The van der Waals surface area contributed by atoms with E-state index >= 15 is 0 Å². The fourth-order valence-corrected chi connectivity index (χ4v) is 3.31. The number of nitrogens with zero attached hydrogens (tertiary/aromatic N) is 3. The number of carbonyl (C=O) groups excluding carboxylic acids is 2. The first-order valence-electron chi connectivity index (χ1n) is 8.41. The largest absolute Gasteiger partial charge is 0.325 e. The molecule has 1 saturated heterocycles. The topological polar surface area (TPSA) is 75.2 Å². The molecule has 0 aliphatic carbocycles. The van der Waals surface area contributed by atoms with Crippen LogP contribution in [0.25, 0.3) is 10.9 Å². The zero-order valence-corrected chi connectivity index (χ0v) is 14.6. The van der Waals surface area contributed by atoms with Crippen LogP contribution in [0, 0.1) is 6.92 Å². The zero-order chi connectivity index (χ0) is 18.3. The lowest BCUT2D eigenvalue weighted by atomic mass is 9.92. The van der Waals surface area contributed by atoms with Gasteiger partial charge < -0.3 is 5.32 Å². The fraction of sp³-hybridized carbons (Fsp3) is 0.200. The SMILES string of the molecule is Cc1nc(CN2C(=O)NC(C)(c3ccccc3)C2=O)nc2ccccc12. The van der Waals surface area contributed by atoms with Crippen LogP contribution in [0.1, 0.15) is 24.0 Å². The molecular formula is C20H18N4O2. The lowest BCUT2D eigenvalue weighted by molar-refractivity contribution is -0.131. The van der Waals surface area contributed by atoms with Crippen LogP contribution in [0.15, 0.2) is 54.6 Å². The summed E-state index contributed by atoms with van der Waals surface area (Å²) < 4.78 is 0. The number of para-hydroxylation sites is 1. The summed E-state index contributed by atoms with van der Waals surface area (Å²) >= 11 is 0. The summed E-state index contributed by atoms with van der Waals surface area (Å²) in [5, 5.41) is 3.76. The van der Waals surface area contributed by atoms with Crippen LogP contribution in [-0.4, -0.2) is 26.8 Å². The number of urea groups is 1.